The van der Waals surface area contributed by atoms with Gasteiger partial charge in [-0.15, -0.1) is 0 Å². The summed E-state index contributed by atoms with van der Waals surface area (Å²) in [4.78, 5) is 10.7. The maximum absolute atomic E-state index is 12.3. The van der Waals surface area contributed by atoms with E-state index in [2.05, 4.69) is 5.32 Å². The Morgan fingerprint density at radius 1 is 1.39 bits per heavy atom. The number of carbonyl (C=O) groups is 1. The van der Waals surface area contributed by atoms with E-state index < -0.39 is 30.5 Å². The van der Waals surface area contributed by atoms with Crippen LogP contribution in [-0.4, -0.2) is 29.8 Å². The molecule has 0 aromatic heterocycles. The summed E-state index contributed by atoms with van der Waals surface area (Å²) in [6.45, 7) is -0.428. The SMILES string of the molecule is N#CC(CNC1CCC(C(=O)O)CC1)C(F)(F)F. The summed E-state index contributed by atoms with van der Waals surface area (Å²) in [5.74, 6) is -3.24. The van der Waals surface area contributed by atoms with Gasteiger partial charge in [0.2, 0.25) is 0 Å². The number of nitrogens with one attached hydrogen (secondary N) is 1. The highest BCUT2D eigenvalue weighted by atomic mass is 19.4. The number of hydrogen-bond acceptors (Lipinski definition) is 3. The number of carboxylic acids is 1. The Balaban J connectivity index is 2.34. The lowest BCUT2D eigenvalue weighted by Crippen LogP contribution is -2.40. The Morgan fingerprint density at radius 3 is 2.33 bits per heavy atom. The fraction of sp³-hybridized carbons (Fsp3) is 0.818. The molecule has 0 spiro atoms. The minimum Gasteiger partial charge on any atom is -0.481 e. The van der Waals surface area contributed by atoms with Crippen LogP contribution in [0.3, 0.4) is 0 Å². The van der Waals surface area contributed by atoms with Crippen molar-refractivity contribution in [1.82, 2.24) is 5.32 Å². The Hall–Kier alpha value is -1.29. The molecule has 1 unspecified atom stereocenters. The predicted octanol–water partition coefficient (Wildman–Crippen LogP) is 1.92. The minimum absolute atomic E-state index is 0.126. The summed E-state index contributed by atoms with van der Waals surface area (Å²) in [6, 6.07) is 1.10. The molecule has 0 saturated heterocycles. The van der Waals surface area contributed by atoms with Gasteiger partial charge in [0, 0.05) is 12.6 Å². The van der Waals surface area contributed by atoms with E-state index in [-0.39, 0.29) is 6.04 Å². The fourth-order valence-corrected chi connectivity index (χ4v) is 2.06. The molecule has 1 saturated carbocycles. The van der Waals surface area contributed by atoms with Crippen LogP contribution in [0.1, 0.15) is 25.7 Å². The van der Waals surface area contributed by atoms with Crippen LogP contribution < -0.4 is 5.32 Å². The second-order valence-electron chi connectivity index (χ2n) is 4.52. The smallest absolute Gasteiger partial charge is 0.405 e. The molecule has 0 heterocycles. The highest BCUT2D eigenvalue weighted by Gasteiger charge is 2.40. The predicted molar refractivity (Wildman–Crippen MR) is 56.5 cm³/mol. The first-order valence-corrected chi connectivity index (χ1v) is 5.77. The average Bonchev–Trinajstić information content (AvgIpc) is 2.28. The van der Waals surface area contributed by atoms with Crippen LogP contribution in [-0.2, 0) is 4.79 Å². The molecule has 0 radical (unpaired) electrons. The number of hydrogen-bond donors (Lipinski definition) is 2. The van der Waals surface area contributed by atoms with Crippen LogP contribution in [0.15, 0.2) is 0 Å². The van der Waals surface area contributed by atoms with Crippen molar-refractivity contribution in [3.63, 3.8) is 0 Å². The van der Waals surface area contributed by atoms with Gasteiger partial charge in [0.25, 0.3) is 0 Å². The quantitative estimate of drug-likeness (QED) is 0.813. The van der Waals surface area contributed by atoms with Crippen LogP contribution >= 0.6 is 0 Å². The van der Waals surface area contributed by atoms with Crippen molar-refractivity contribution in [3.05, 3.63) is 0 Å². The molecule has 7 heteroatoms. The van der Waals surface area contributed by atoms with Crippen molar-refractivity contribution in [2.75, 3.05) is 6.54 Å². The van der Waals surface area contributed by atoms with Crippen molar-refractivity contribution in [1.29, 1.82) is 5.26 Å². The Morgan fingerprint density at radius 2 is 1.94 bits per heavy atom. The van der Waals surface area contributed by atoms with Crippen LogP contribution in [0.5, 0.6) is 0 Å². The third-order valence-electron chi connectivity index (χ3n) is 3.24. The van der Waals surface area contributed by atoms with E-state index >= 15 is 0 Å². The highest BCUT2D eigenvalue weighted by Crippen LogP contribution is 2.27. The van der Waals surface area contributed by atoms with E-state index in [4.69, 9.17) is 10.4 Å². The average molecular weight is 264 g/mol. The van der Waals surface area contributed by atoms with Gasteiger partial charge in [-0.1, -0.05) is 0 Å². The number of nitriles is 1. The molecule has 0 aromatic carbocycles. The zero-order valence-corrected chi connectivity index (χ0v) is 9.70. The van der Waals surface area contributed by atoms with Gasteiger partial charge in [-0.05, 0) is 25.7 Å². The first-order chi connectivity index (χ1) is 8.34. The van der Waals surface area contributed by atoms with Crippen LogP contribution in [0.2, 0.25) is 0 Å². The second kappa shape index (κ2) is 6.05. The highest BCUT2D eigenvalue weighted by molar-refractivity contribution is 5.70. The summed E-state index contributed by atoms with van der Waals surface area (Å²) >= 11 is 0. The molecule has 4 nitrogen and oxygen atoms in total. The van der Waals surface area contributed by atoms with Gasteiger partial charge in [-0.3, -0.25) is 4.79 Å². The topological polar surface area (TPSA) is 73.1 Å². The lowest BCUT2D eigenvalue weighted by Gasteiger charge is -2.27. The molecular weight excluding hydrogens is 249 g/mol. The molecule has 0 aliphatic heterocycles. The number of alkyl halides is 3. The molecular formula is C11H15F3N2O2. The van der Waals surface area contributed by atoms with Gasteiger partial charge in [0.05, 0.1) is 12.0 Å². The summed E-state index contributed by atoms with van der Waals surface area (Å²) in [7, 11) is 0. The largest absolute Gasteiger partial charge is 0.481 e. The van der Waals surface area contributed by atoms with E-state index in [1.54, 1.807) is 0 Å². The zero-order chi connectivity index (χ0) is 13.8. The van der Waals surface area contributed by atoms with Gasteiger partial charge in [-0.25, -0.2) is 0 Å². The molecule has 2 N–H and O–H groups in total. The monoisotopic (exact) mass is 264 g/mol. The first kappa shape index (κ1) is 14.8. The van der Waals surface area contributed by atoms with E-state index in [1.807, 2.05) is 0 Å². The van der Waals surface area contributed by atoms with Crippen molar-refractivity contribution in [2.45, 2.75) is 37.9 Å². The Bertz CT molecular complexity index is 330. The maximum atomic E-state index is 12.3. The zero-order valence-electron chi connectivity index (χ0n) is 9.70. The van der Waals surface area contributed by atoms with Gasteiger partial charge in [-0.2, -0.15) is 18.4 Å². The molecule has 18 heavy (non-hydrogen) atoms. The first-order valence-electron chi connectivity index (χ1n) is 5.77. The van der Waals surface area contributed by atoms with Crippen molar-refractivity contribution in [2.24, 2.45) is 11.8 Å². The molecule has 1 rings (SSSR count). The molecule has 0 aromatic rings. The van der Waals surface area contributed by atoms with E-state index in [1.165, 1.54) is 6.07 Å². The third kappa shape index (κ3) is 4.18. The van der Waals surface area contributed by atoms with Gasteiger partial charge in [0.15, 0.2) is 5.92 Å². The summed E-state index contributed by atoms with van der Waals surface area (Å²) < 4.78 is 36.9. The Kier molecular flexibility index (Phi) is 4.96. The molecule has 1 aliphatic rings. The molecule has 1 atom stereocenters. The second-order valence-corrected chi connectivity index (χ2v) is 4.52. The number of aliphatic carboxylic acids is 1. The standard InChI is InChI=1S/C11H15F3N2O2/c12-11(13,14)8(5-15)6-16-9-3-1-7(2-4-9)10(17)18/h7-9,16H,1-4,6H2,(H,17,18). The summed E-state index contributed by atoms with van der Waals surface area (Å²) in [6.07, 6.45) is -2.51. The van der Waals surface area contributed by atoms with Crippen molar-refractivity contribution in [3.8, 4) is 6.07 Å². The molecule has 0 bridgehead atoms. The lowest BCUT2D eigenvalue weighted by molar-refractivity contribution is -0.158. The van der Waals surface area contributed by atoms with E-state index in [0.717, 1.165) is 0 Å². The summed E-state index contributed by atoms with van der Waals surface area (Å²) in [5.41, 5.74) is 0. The maximum Gasteiger partial charge on any atom is 0.405 e. The number of carboxylic acid groups (broad SMARTS) is 1. The lowest BCUT2D eigenvalue weighted by atomic mass is 9.86. The van der Waals surface area contributed by atoms with Gasteiger partial charge < -0.3 is 10.4 Å². The van der Waals surface area contributed by atoms with Crippen LogP contribution in [0, 0.1) is 23.2 Å². The van der Waals surface area contributed by atoms with E-state index in [9.17, 15) is 18.0 Å². The van der Waals surface area contributed by atoms with Crippen molar-refractivity contribution >= 4 is 5.97 Å². The summed E-state index contributed by atoms with van der Waals surface area (Å²) in [5, 5.41) is 19.9. The third-order valence-corrected chi connectivity index (χ3v) is 3.24. The van der Waals surface area contributed by atoms with Crippen LogP contribution in [0.25, 0.3) is 0 Å². The minimum atomic E-state index is -4.51. The van der Waals surface area contributed by atoms with Gasteiger partial charge in [0.1, 0.15) is 0 Å². The normalized spacial score (nSPS) is 26.3. The Labute approximate surface area is 103 Å². The molecule has 0 amide bonds. The number of nitrogens with zero attached hydrogens (tertiary/aromatic N) is 1. The number of halogens is 3. The fourth-order valence-electron chi connectivity index (χ4n) is 2.06. The number of rotatable bonds is 4. The van der Waals surface area contributed by atoms with E-state index in [0.29, 0.717) is 25.7 Å². The van der Waals surface area contributed by atoms with Gasteiger partial charge >= 0.3 is 12.1 Å². The molecule has 1 fully saturated rings. The molecule has 102 valence electrons. The van der Waals surface area contributed by atoms with Crippen molar-refractivity contribution < 1.29 is 23.1 Å². The van der Waals surface area contributed by atoms with Crippen LogP contribution in [0.4, 0.5) is 13.2 Å². The molecule has 1 aliphatic carbocycles.